The molecule has 0 aliphatic heterocycles. The fraction of sp³-hybridized carbons (Fsp3) is 0.769. The minimum absolute atomic E-state index is 0.560. The molecule has 2 heteroatoms. The predicted molar refractivity (Wildman–Crippen MR) is 64.0 cm³/mol. The number of imidazole rings is 1. The highest BCUT2D eigenvalue weighted by Gasteiger charge is 2.21. The van der Waals surface area contributed by atoms with Gasteiger partial charge in [-0.2, -0.15) is 0 Å². The van der Waals surface area contributed by atoms with E-state index < -0.39 is 0 Å². The number of aromatic nitrogens is 2. The number of hydrogen-bond donors (Lipinski definition) is 0. The van der Waals surface area contributed by atoms with E-state index in [0.29, 0.717) is 12.0 Å². The van der Waals surface area contributed by atoms with Crippen molar-refractivity contribution in [2.24, 2.45) is 0 Å². The summed E-state index contributed by atoms with van der Waals surface area (Å²) in [4.78, 5) is 0. The van der Waals surface area contributed by atoms with Crippen molar-refractivity contribution in [1.82, 2.24) is 4.57 Å². The van der Waals surface area contributed by atoms with Gasteiger partial charge in [-0.15, -0.1) is 0 Å². The topological polar surface area (TPSA) is 8.81 Å². The Morgan fingerprint density at radius 3 is 2.40 bits per heavy atom. The van der Waals surface area contributed by atoms with Gasteiger partial charge in [0.15, 0.2) is 0 Å². The molecule has 1 aromatic heterocycles. The van der Waals surface area contributed by atoms with Crippen molar-refractivity contribution in [3.8, 4) is 0 Å². The molecule has 0 amide bonds. The third kappa shape index (κ3) is 2.83. The molecule has 0 unspecified atom stereocenters. The molecule has 0 aliphatic carbocycles. The smallest absolute Gasteiger partial charge is 0.234 e. The van der Waals surface area contributed by atoms with Crippen LogP contribution in [0.5, 0.6) is 0 Å². The van der Waals surface area contributed by atoms with Crippen LogP contribution in [-0.4, -0.2) is 4.57 Å². The van der Waals surface area contributed by atoms with Gasteiger partial charge < -0.3 is 0 Å². The van der Waals surface area contributed by atoms with Crippen LogP contribution in [0, 0.1) is 0 Å². The summed E-state index contributed by atoms with van der Waals surface area (Å²) in [5, 5.41) is 0. The molecule has 2 nitrogen and oxygen atoms in total. The van der Waals surface area contributed by atoms with E-state index in [-0.39, 0.29) is 0 Å². The lowest BCUT2D eigenvalue weighted by Gasteiger charge is -2.09. The van der Waals surface area contributed by atoms with E-state index in [0.717, 1.165) is 6.54 Å². The van der Waals surface area contributed by atoms with Gasteiger partial charge in [-0.3, -0.25) is 0 Å². The summed E-state index contributed by atoms with van der Waals surface area (Å²) >= 11 is 0. The number of rotatable bonds is 5. The Morgan fingerprint density at radius 1 is 1.27 bits per heavy atom. The maximum Gasteiger partial charge on any atom is 0.259 e. The van der Waals surface area contributed by atoms with E-state index in [1.54, 1.807) is 0 Å². The van der Waals surface area contributed by atoms with Crippen LogP contribution >= 0.6 is 0 Å². The standard InChI is InChI=1S/C13H25N2/c1-6-7-8-14-9-10-15(12(4)5)13(14)11(2)3/h9-12H,6-8H2,1-5H3/q+1. The van der Waals surface area contributed by atoms with Gasteiger partial charge in [-0.05, 0) is 20.3 Å². The van der Waals surface area contributed by atoms with Gasteiger partial charge in [0.1, 0.15) is 12.4 Å². The van der Waals surface area contributed by atoms with Crippen LogP contribution in [0.1, 0.15) is 65.2 Å². The van der Waals surface area contributed by atoms with Crippen molar-refractivity contribution in [1.29, 1.82) is 0 Å². The molecule has 1 aromatic rings. The average molecular weight is 209 g/mol. The Morgan fingerprint density at radius 2 is 1.93 bits per heavy atom. The van der Waals surface area contributed by atoms with E-state index in [4.69, 9.17) is 0 Å². The first-order valence-corrected chi connectivity index (χ1v) is 6.18. The molecule has 0 spiro atoms. The minimum Gasteiger partial charge on any atom is -0.234 e. The molecule has 0 saturated heterocycles. The number of hydrogen-bond acceptors (Lipinski definition) is 0. The van der Waals surface area contributed by atoms with Crippen LogP contribution in [0.2, 0.25) is 0 Å². The van der Waals surface area contributed by atoms with Crippen LogP contribution in [0.15, 0.2) is 12.4 Å². The summed E-state index contributed by atoms with van der Waals surface area (Å²) in [7, 11) is 0. The SMILES string of the molecule is CCCC[n+]1ccn(C(C)C)c1C(C)C. The molecular formula is C13H25N2+. The van der Waals surface area contributed by atoms with Gasteiger partial charge in [0.25, 0.3) is 5.82 Å². The third-order valence-electron chi connectivity index (χ3n) is 2.79. The van der Waals surface area contributed by atoms with Crippen molar-refractivity contribution in [2.45, 2.75) is 66.0 Å². The van der Waals surface area contributed by atoms with Crippen LogP contribution in [0.3, 0.4) is 0 Å². The molecule has 0 N–H and O–H groups in total. The Hall–Kier alpha value is -0.790. The fourth-order valence-electron chi connectivity index (χ4n) is 2.04. The van der Waals surface area contributed by atoms with Gasteiger partial charge in [0, 0.05) is 0 Å². The molecular weight excluding hydrogens is 184 g/mol. The fourth-order valence-corrected chi connectivity index (χ4v) is 2.04. The van der Waals surface area contributed by atoms with Crippen molar-refractivity contribution in [3.05, 3.63) is 18.2 Å². The Kier molecular flexibility index (Phi) is 4.37. The third-order valence-corrected chi connectivity index (χ3v) is 2.79. The lowest BCUT2D eigenvalue weighted by Crippen LogP contribution is -2.38. The molecule has 15 heavy (non-hydrogen) atoms. The zero-order chi connectivity index (χ0) is 11.4. The first-order valence-electron chi connectivity index (χ1n) is 6.18. The molecule has 1 heterocycles. The van der Waals surface area contributed by atoms with Crippen LogP contribution in [-0.2, 0) is 6.54 Å². The van der Waals surface area contributed by atoms with Crippen LogP contribution in [0.25, 0.3) is 0 Å². The normalized spacial score (nSPS) is 11.7. The largest absolute Gasteiger partial charge is 0.259 e. The van der Waals surface area contributed by atoms with Gasteiger partial charge in [-0.25, -0.2) is 9.13 Å². The second kappa shape index (κ2) is 5.34. The zero-order valence-electron chi connectivity index (χ0n) is 10.8. The summed E-state index contributed by atoms with van der Waals surface area (Å²) in [5.41, 5.74) is 0. The lowest BCUT2D eigenvalue weighted by molar-refractivity contribution is -0.705. The summed E-state index contributed by atoms with van der Waals surface area (Å²) in [5.74, 6) is 2.05. The summed E-state index contributed by atoms with van der Waals surface area (Å²) in [6.07, 6.45) is 6.98. The minimum atomic E-state index is 0.560. The Labute approximate surface area is 93.9 Å². The van der Waals surface area contributed by atoms with Gasteiger partial charge >= 0.3 is 0 Å². The monoisotopic (exact) mass is 209 g/mol. The van der Waals surface area contributed by atoms with E-state index in [9.17, 15) is 0 Å². The number of unbranched alkanes of at least 4 members (excludes halogenated alkanes) is 1. The van der Waals surface area contributed by atoms with E-state index in [1.807, 2.05) is 0 Å². The number of aryl methyl sites for hydroxylation is 1. The van der Waals surface area contributed by atoms with Gasteiger partial charge in [-0.1, -0.05) is 27.2 Å². The van der Waals surface area contributed by atoms with Crippen LogP contribution < -0.4 is 4.57 Å². The van der Waals surface area contributed by atoms with Crippen molar-refractivity contribution in [2.75, 3.05) is 0 Å². The highest BCUT2D eigenvalue weighted by atomic mass is 15.2. The Bertz CT molecular complexity index is 297. The molecule has 0 bridgehead atoms. The van der Waals surface area contributed by atoms with E-state index >= 15 is 0 Å². The summed E-state index contributed by atoms with van der Waals surface area (Å²) in [6, 6.07) is 0.560. The first-order chi connectivity index (χ1) is 7.07. The summed E-state index contributed by atoms with van der Waals surface area (Å²) < 4.78 is 4.80. The Balaban J connectivity index is 2.96. The molecule has 0 atom stereocenters. The molecule has 1 rings (SSSR count). The number of nitrogens with zero attached hydrogens (tertiary/aromatic N) is 2. The van der Waals surface area contributed by atoms with E-state index in [1.165, 1.54) is 18.7 Å². The second-order valence-electron chi connectivity index (χ2n) is 4.86. The van der Waals surface area contributed by atoms with Crippen molar-refractivity contribution < 1.29 is 4.57 Å². The molecule has 0 saturated carbocycles. The van der Waals surface area contributed by atoms with Crippen molar-refractivity contribution in [3.63, 3.8) is 0 Å². The highest BCUT2D eigenvalue weighted by molar-refractivity contribution is 4.91. The van der Waals surface area contributed by atoms with Gasteiger partial charge in [0.2, 0.25) is 0 Å². The highest BCUT2D eigenvalue weighted by Crippen LogP contribution is 2.15. The van der Waals surface area contributed by atoms with Crippen LogP contribution in [0.4, 0.5) is 0 Å². The molecule has 0 aromatic carbocycles. The molecule has 0 aliphatic rings. The van der Waals surface area contributed by atoms with Gasteiger partial charge in [0.05, 0.1) is 18.5 Å². The molecule has 0 radical (unpaired) electrons. The zero-order valence-corrected chi connectivity index (χ0v) is 10.8. The summed E-state index contributed by atoms with van der Waals surface area (Å²) in [6.45, 7) is 12.4. The second-order valence-corrected chi connectivity index (χ2v) is 4.86. The lowest BCUT2D eigenvalue weighted by atomic mass is 10.2. The van der Waals surface area contributed by atoms with Crippen molar-refractivity contribution >= 4 is 0 Å². The quantitative estimate of drug-likeness (QED) is 0.658. The molecule has 0 fully saturated rings. The average Bonchev–Trinajstić information content (AvgIpc) is 2.58. The maximum atomic E-state index is 2.41. The van der Waals surface area contributed by atoms with E-state index in [2.05, 4.69) is 56.1 Å². The predicted octanol–water partition coefficient (Wildman–Crippen LogP) is 3.28. The first kappa shape index (κ1) is 12.3. The maximum absolute atomic E-state index is 2.41. The molecule has 86 valence electrons.